The number of fused-ring (bicyclic) bond motifs is 2. The molecule has 1 heterocycles. The second kappa shape index (κ2) is 6.70. The molecule has 1 amide bonds. The molecular formula is C17H25NO6S. The lowest BCUT2D eigenvalue weighted by Gasteiger charge is -2.36. The molecule has 1 saturated heterocycles. The Hall–Kier alpha value is -1.44. The fraction of sp³-hybridized carbons (Fsp3) is 0.824. The zero-order chi connectivity index (χ0) is 18.2. The van der Waals surface area contributed by atoms with E-state index in [9.17, 15) is 22.8 Å². The highest BCUT2D eigenvalue weighted by Crippen LogP contribution is 2.40. The molecule has 1 N–H and O–H groups in total. The Bertz CT molecular complexity index is 671. The van der Waals surface area contributed by atoms with Crippen LogP contribution in [0.15, 0.2) is 0 Å². The number of hydrogen-bond acceptors (Lipinski definition) is 6. The molecule has 0 unspecified atom stereocenters. The largest absolute Gasteiger partial charge is 0.455 e. The van der Waals surface area contributed by atoms with Gasteiger partial charge in [-0.25, -0.2) is 8.42 Å². The van der Waals surface area contributed by atoms with Gasteiger partial charge in [0.15, 0.2) is 16.4 Å². The number of sulfone groups is 1. The SMILES string of the molecule is C[C@]1(NC(=O)COC(=O)C2C[C@@H]3CCC[C@@H](C2)C3=O)CCS(=O)(=O)C1. The van der Waals surface area contributed by atoms with Crippen LogP contribution >= 0.6 is 0 Å². The molecule has 2 aliphatic carbocycles. The molecule has 3 aliphatic rings. The Morgan fingerprint density at radius 3 is 2.44 bits per heavy atom. The van der Waals surface area contributed by atoms with Crippen molar-refractivity contribution >= 4 is 27.5 Å². The van der Waals surface area contributed by atoms with E-state index in [-0.39, 0.29) is 35.0 Å². The molecule has 140 valence electrons. The van der Waals surface area contributed by atoms with Crippen LogP contribution in [0.5, 0.6) is 0 Å². The van der Waals surface area contributed by atoms with Crippen LogP contribution in [-0.4, -0.2) is 49.7 Å². The first-order chi connectivity index (χ1) is 11.7. The Kier molecular flexibility index (Phi) is 4.92. The van der Waals surface area contributed by atoms with Crippen LogP contribution in [0.25, 0.3) is 0 Å². The van der Waals surface area contributed by atoms with Gasteiger partial charge in [0, 0.05) is 11.8 Å². The molecule has 1 aliphatic heterocycles. The van der Waals surface area contributed by atoms with Gasteiger partial charge >= 0.3 is 5.97 Å². The van der Waals surface area contributed by atoms with E-state index in [1.807, 2.05) is 0 Å². The third kappa shape index (κ3) is 4.22. The number of rotatable bonds is 4. The van der Waals surface area contributed by atoms with E-state index in [2.05, 4.69) is 5.32 Å². The van der Waals surface area contributed by atoms with Crippen molar-refractivity contribution in [3.63, 3.8) is 0 Å². The number of Topliss-reactive ketones (excluding diaryl/α,β-unsaturated/α-hetero) is 1. The van der Waals surface area contributed by atoms with Gasteiger partial charge in [0.2, 0.25) is 0 Å². The fourth-order valence-corrected chi connectivity index (χ4v) is 6.50. The van der Waals surface area contributed by atoms with Gasteiger partial charge in [-0.3, -0.25) is 14.4 Å². The van der Waals surface area contributed by atoms with Gasteiger partial charge in [-0.2, -0.15) is 0 Å². The Morgan fingerprint density at radius 2 is 1.88 bits per heavy atom. The van der Waals surface area contributed by atoms with E-state index >= 15 is 0 Å². The third-order valence-corrected chi connectivity index (χ3v) is 7.57. The van der Waals surface area contributed by atoms with Gasteiger partial charge in [-0.15, -0.1) is 0 Å². The molecular weight excluding hydrogens is 346 g/mol. The number of amides is 1. The van der Waals surface area contributed by atoms with E-state index in [1.165, 1.54) is 0 Å². The second-order valence-corrected chi connectivity index (χ2v) is 10.1. The molecule has 0 aromatic rings. The molecule has 0 radical (unpaired) electrons. The van der Waals surface area contributed by atoms with E-state index in [0.29, 0.717) is 19.3 Å². The van der Waals surface area contributed by atoms with Crippen molar-refractivity contribution in [1.82, 2.24) is 5.32 Å². The first-order valence-corrected chi connectivity index (χ1v) is 10.7. The summed E-state index contributed by atoms with van der Waals surface area (Å²) < 4.78 is 28.3. The van der Waals surface area contributed by atoms with Crippen LogP contribution in [0, 0.1) is 17.8 Å². The molecule has 0 spiro atoms. The number of nitrogens with one attached hydrogen (secondary N) is 1. The van der Waals surface area contributed by atoms with E-state index < -0.39 is 33.9 Å². The van der Waals surface area contributed by atoms with Crippen LogP contribution in [0.1, 0.15) is 45.4 Å². The summed E-state index contributed by atoms with van der Waals surface area (Å²) in [5.41, 5.74) is -0.795. The van der Waals surface area contributed by atoms with Gasteiger partial charge in [0.25, 0.3) is 5.91 Å². The summed E-state index contributed by atoms with van der Waals surface area (Å²) in [4.78, 5) is 36.3. The molecule has 3 atom stereocenters. The monoisotopic (exact) mass is 371 g/mol. The van der Waals surface area contributed by atoms with Crippen molar-refractivity contribution < 1.29 is 27.5 Å². The number of esters is 1. The molecule has 2 bridgehead atoms. The van der Waals surface area contributed by atoms with Gasteiger partial charge < -0.3 is 10.1 Å². The lowest BCUT2D eigenvalue weighted by molar-refractivity contribution is -0.157. The number of carbonyl (C=O) groups is 3. The van der Waals surface area contributed by atoms with E-state index in [0.717, 1.165) is 19.3 Å². The van der Waals surface area contributed by atoms with Crippen molar-refractivity contribution in [2.75, 3.05) is 18.1 Å². The van der Waals surface area contributed by atoms with Crippen molar-refractivity contribution in [1.29, 1.82) is 0 Å². The minimum atomic E-state index is -3.12. The fourth-order valence-electron chi connectivity index (χ4n) is 4.41. The Balaban J connectivity index is 1.48. The molecule has 2 saturated carbocycles. The number of carbonyl (C=O) groups excluding carboxylic acids is 3. The van der Waals surface area contributed by atoms with Crippen LogP contribution in [0.3, 0.4) is 0 Å². The van der Waals surface area contributed by atoms with Gasteiger partial charge in [0.1, 0.15) is 5.78 Å². The van der Waals surface area contributed by atoms with Gasteiger partial charge in [0.05, 0.1) is 23.0 Å². The van der Waals surface area contributed by atoms with Crippen molar-refractivity contribution in [3.05, 3.63) is 0 Å². The normalized spacial score (nSPS) is 36.7. The Labute approximate surface area is 147 Å². The van der Waals surface area contributed by atoms with Crippen LogP contribution in [-0.2, 0) is 29.0 Å². The first-order valence-electron chi connectivity index (χ1n) is 8.89. The zero-order valence-electron chi connectivity index (χ0n) is 14.5. The first kappa shape index (κ1) is 18.4. The molecule has 3 fully saturated rings. The maximum atomic E-state index is 12.3. The van der Waals surface area contributed by atoms with Crippen LogP contribution in [0.2, 0.25) is 0 Å². The average Bonchev–Trinajstić information content (AvgIpc) is 2.77. The maximum absolute atomic E-state index is 12.3. The van der Waals surface area contributed by atoms with Crippen LogP contribution < -0.4 is 5.32 Å². The number of ether oxygens (including phenoxy) is 1. The standard InChI is InChI=1S/C17H25NO6S/c1-17(5-6-25(22,23)10-17)18-14(19)9-24-16(21)13-7-11-3-2-4-12(8-13)15(11)20/h11-13H,2-10H2,1H3,(H,18,19)/t11-,12-,17-/m0/s1. The van der Waals surface area contributed by atoms with Crippen molar-refractivity contribution in [3.8, 4) is 0 Å². The lowest BCUT2D eigenvalue weighted by atomic mass is 9.67. The minimum Gasteiger partial charge on any atom is -0.455 e. The molecule has 0 aromatic carbocycles. The topological polar surface area (TPSA) is 107 Å². The molecule has 0 aromatic heterocycles. The lowest BCUT2D eigenvalue weighted by Crippen LogP contribution is -2.48. The summed E-state index contributed by atoms with van der Waals surface area (Å²) in [5, 5.41) is 2.67. The Morgan fingerprint density at radius 1 is 1.24 bits per heavy atom. The van der Waals surface area contributed by atoms with Crippen molar-refractivity contribution in [2.24, 2.45) is 17.8 Å². The summed E-state index contributed by atoms with van der Waals surface area (Å²) in [6.07, 6.45) is 4.12. The van der Waals surface area contributed by atoms with Gasteiger partial charge in [-0.1, -0.05) is 6.42 Å². The number of hydrogen-bond donors (Lipinski definition) is 1. The predicted molar refractivity (Wildman–Crippen MR) is 89.3 cm³/mol. The smallest absolute Gasteiger partial charge is 0.309 e. The molecule has 3 rings (SSSR count). The zero-order valence-corrected chi connectivity index (χ0v) is 15.3. The summed E-state index contributed by atoms with van der Waals surface area (Å²) >= 11 is 0. The summed E-state index contributed by atoms with van der Waals surface area (Å²) in [6, 6.07) is 0. The highest BCUT2D eigenvalue weighted by molar-refractivity contribution is 7.91. The summed E-state index contributed by atoms with van der Waals surface area (Å²) in [6.45, 7) is 1.28. The minimum absolute atomic E-state index is 0.0403. The average molecular weight is 371 g/mol. The number of ketones is 1. The van der Waals surface area contributed by atoms with E-state index in [1.54, 1.807) is 6.92 Å². The molecule has 8 heteroatoms. The highest BCUT2D eigenvalue weighted by Gasteiger charge is 2.42. The quantitative estimate of drug-likeness (QED) is 0.726. The van der Waals surface area contributed by atoms with Crippen LogP contribution in [0.4, 0.5) is 0 Å². The third-order valence-electron chi connectivity index (χ3n) is 5.67. The maximum Gasteiger partial charge on any atom is 0.309 e. The predicted octanol–water partition coefficient (Wildman–Crippen LogP) is 0.618. The molecule has 7 nitrogen and oxygen atoms in total. The van der Waals surface area contributed by atoms with E-state index in [4.69, 9.17) is 4.74 Å². The van der Waals surface area contributed by atoms with Gasteiger partial charge in [-0.05, 0) is 39.0 Å². The second-order valence-electron chi connectivity index (χ2n) is 7.95. The summed E-state index contributed by atoms with van der Waals surface area (Å²) in [5.74, 6) is -1.06. The summed E-state index contributed by atoms with van der Waals surface area (Å²) in [7, 11) is -3.12. The highest BCUT2D eigenvalue weighted by atomic mass is 32.2. The molecule has 25 heavy (non-hydrogen) atoms. The van der Waals surface area contributed by atoms with Crippen molar-refractivity contribution in [2.45, 2.75) is 51.0 Å².